The third kappa shape index (κ3) is 3.10. The molecule has 5 heteroatoms. The van der Waals surface area contributed by atoms with E-state index < -0.39 is 5.82 Å². The monoisotopic (exact) mass is 341 g/mol. The maximum absolute atomic E-state index is 14.3. The van der Waals surface area contributed by atoms with Gasteiger partial charge >= 0.3 is 0 Å². The Kier molecular flexibility index (Phi) is 4.36. The van der Waals surface area contributed by atoms with Crippen LogP contribution in [0.2, 0.25) is 0 Å². The van der Waals surface area contributed by atoms with Gasteiger partial charge in [0.1, 0.15) is 6.10 Å². The van der Waals surface area contributed by atoms with Crippen LogP contribution in [0.5, 0.6) is 5.75 Å². The second kappa shape index (κ2) is 6.65. The number of halogens is 1. The summed E-state index contributed by atoms with van der Waals surface area (Å²) in [5.41, 5.74) is 14.3. The fourth-order valence-corrected chi connectivity index (χ4v) is 4.11. The number of rotatable bonds is 4. The van der Waals surface area contributed by atoms with Crippen LogP contribution in [-0.4, -0.2) is 30.6 Å². The SMILES string of the molecule is NC[C@H]1CCN([C@@H]2Cc3ccccc3[C@H]2Oc2ccc(N)cc2F)C1. The Labute approximate surface area is 147 Å². The molecular formula is C20H24FN3O. The molecule has 4 nitrogen and oxygen atoms in total. The van der Waals surface area contributed by atoms with Crippen molar-refractivity contribution in [2.75, 3.05) is 25.4 Å². The average molecular weight is 341 g/mol. The summed E-state index contributed by atoms with van der Waals surface area (Å²) in [7, 11) is 0. The summed E-state index contributed by atoms with van der Waals surface area (Å²) in [6.45, 7) is 2.72. The van der Waals surface area contributed by atoms with Gasteiger partial charge in [-0.3, -0.25) is 4.90 Å². The Bertz CT molecular complexity index is 766. The molecule has 0 spiro atoms. The number of nitrogen functional groups attached to an aromatic ring is 1. The van der Waals surface area contributed by atoms with E-state index in [1.807, 2.05) is 6.07 Å². The molecule has 0 unspecified atom stereocenters. The van der Waals surface area contributed by atoms with Gasteiger partial charge in [-0.1, -0.05) is 24.3 Å². The Balaban J connectivity index is 1.63. The fourth-order valence-electron chi connectivity index (χ4n) is 4.11. The van der Waals surface area contributed by atoms with Gasteiger partial charge in [0.2, 0.25) is 0 Å². The third-order valence-electron chi connectivity index (χ3n) is 5.47. The highest BCUT2D eigenvalue weighted by Gasteiger charge is 2.40. The summed E-state index contributed by atoms with van der Waals surface area (Å²) in [6, 6.07) is 13.1. The molecular weight excluding hydrogens is 317 g/mol. The topological polar surface area (TPSA) is 64.5 Å². The molecule has 1 aliphatic heterocycles. The van der Waals surface area contributed by atoms with Crippen LogP contribution >= 0.6 is 0 Å². The highest BCUT2D eigenvalue weighted by molar-refractivity contribution is 5.44. The summed E-state index contributed by atoms with van der Waals surface area (Å²) in [5.74, 6) is 0.387. The summed E-state index contributed by atoms with van der Waals surface area (Å²) < 4.78 is 20.4. The molecule has 4 N–H and O–H groups in total. The molecule has 1 aliphatic carbocycles. The van der Waals surface area contributed by atoms with Crippen LogP contribution in [0.1, 0.15) is 23.7 Å². The van der Waals surface area contributed by atoms with E-state index in [9.17, 15) is 4.39 Å². The molecule has 2 aromatic carbocycles. The average Bonchev–Trinajstić information content (AvgIpc) is 3.22. The minimum Gasteiger partial charge on any atom is -0.481 e. The van der Waals surface area contributed by atoms with Crippen LogP contribution in [0.4, 0.5) is 10.1 Å². The van der Waals surface area contributed by atoms with E-state index in [2.05, 4.69) is 23.1 Å². The molecule has 2 aromatic rings. The first-order valence-corrected chi connectivity index (χ1v) is 8.89. The summed E-state index contributed by atoms with van der Waals surface area (Å²) in [4.78, 5) is 2.46. The molecule has 0 amide bonds. The first kappa shape index (κ1) is 16.4. The van der Waals surface area contributed by atoms with E-state index in [4.69, 9.17) is 16.2 Å². The Morgan fingerprint density at radius 2 is 2.04 bits per heavy atom. The molecule has 1 saturated heterocycles. The van der Waals surface area contributed by atoms with Gasteiger partial charge in [0, 0.05) is 18.3 Å². The van der Waals surface area contributed by atoms with Crippen molar-refractivity contribution < 1.29 is 9.13 Å². The van der Waals surface area contributed by atoms with Crippen LogP contribution in [0.15, 0.2) is 42.5 Å². The van der Waals surface area contributed by atoms with Crippen molar-refractivity contribution >= 4 is 5.69 Å². The zero-order valence-corrected chi connectivity index (χ0v) is 14.2. The Morgan fingerprint density at radius 1 is 1.20 bits per heavy atom. The van der Waals surface area contributed by atoms with Crippen molar-refractivity contribution in [1.82, 2.24) is 4.90 Å². The minimum absolute atomic E-state index is 0.175. The van der Waals surface area contributed by atoms with Gasteiger partial charge in [-0.15, -0.1) is 0 Å². The molecule has 25 heavy (non-hydrogen) atoms. The van der Waals surface area contributed by atoms with Crippen LogP contribution in [0.25, 0.3) is 0 Å². The van der Waals surface area contributed by atoms with E-state index in [0.29, 0.717) is 18.2 Å². The van der Waals surface area contributed by atoms with Gasteiger partial charge in [0.25, 0.3) is 0 Å². The molecule has 0 bridgehead atoms. The third-order valence-corrected chi connectivity index (χ3v) is 5.47. The number of hydrogen-bond acceptors (Lipinski definition) is 4. The first-order valence-electron chi connectivity index (χ1n) is 8.89. The zero-order chi connectivity index (χ0) is 17.4. The molecule has 0 aromatic heterocycles. The predicted octanol–water partition coefficient (Wildman–Crippen LogP) is 2.73. The second-order valence-electron chi connectivity index (χ2n) is 7.08. The summed E-state index contributed by atoms with van der Waals surface area (Å²) >= 11 is 0. The lowest BCUT2D eigenvalue weighted by Gasteiger charge is -2.30. The molecule has 1 fully saturated rings. The lowest BCUT2D eigenvalue weighted by atomic mass is 10.1. The van der Waals surface area contributed by atoms with Crippen molar-refractivity contribution in [2.24, 2.45) is 11.7 Å². The number of ether oxygens (including phenoxy) is 1. The van der Waals surface area contributed by atoms with Gasteiger partial charge in [-0.25, -0.2) is 4.39 Å². The maximum atomic E-state index is 14.3. The molecule has 0 radical (unpaired) electrons. The summed E-state index contributed by atoms with van der Waals surface area (Å²) in [6.07, 6.45) is 1.87. The van der Waals surface area contributed by atoms with E-state index in [1.165, 1.54) is 11.6 Å². The number of nitrogens with two attached hydrogens (primary N) is 2. The van der Waals surface area contributed by atoms with Crippen molar-refractivity contribution in [3.8, 4) is 5.75 Å². The zero-order valence-electron chi connectivity index (χ0n) is 14.2. The largest absolute Gasteiger partial charge is 0.481 e. The first-order chi connectivity index (χ1) is 12.2. The van der Waals surface area contributed by atoms with E-state index >= 15 is 0 Å². The van der Waals surface area contributed by atoms with E-state index in [1.54, 1.807) is 12.1 Å². The van der Waals surface area contributed by atoms with Gasteiger partial charge in [-0.05, 0) is 55.1 Å². The maximum Gasteiger partial charge on any atom is 0.167 e. The van der Waals surface area contributed by atoms with E-state index in [-0.39, 0.29) is 17.9 Å². The van der Waals surface area contributed by atoms with Crippen molar-refractivity contribution in [3.05, 3.63) is 59.4 Å². The van der Waals surface area contributed by atoms with Gasteiger partial charge in [0.15, 0.2) is 11.6 Å². The number of nitrogens with zero attached hydrogens (tertiary/aromatic N) is 1. The van der Waals surface area contributed by atoms with Gasteiger partial charge in [-0.2, -0.15) is 0 Å². The highest BCUT2D eigenvalue weighted by Crippen LogP contribution is 2.40. The standard InChI is InChI=1S/C20H24FN3O/c21-17-10-15(23)5-6-19(17)25-20-16-4-2-1-3-14(16)9-18(20)24-8-7-13(11-22)12-24/h1-6,10,13,18,20H,7-9,11-12,22-23H2/t13-,18-,20-/m1/s1. The van der Waals surface area contributed by atoms with E-state index in [0.717, 1.165) is 31.5 Å². The molecule has 1 heterocycles. The second-order valence-corrected chi connectivity index (χ2v) is 7.08. The van der Waals surface area contributed by atoms with Crippen molar-refractivity contribution in [2.45, 2.75) is 25.0 Å². The smallest absolute Gasteiger partial charge is 0.167 e. The molecule has 4 rings (SSSR count). The predicted molar refractivity (Wildman–Crippen MR) is 96.8 cm³/mol. The van der Waals surface area contributed by atoms with Crippen LogP contribution in [0.3, 0.4) is 0 Å². The fraction of sp³-hybridized carbons (Fsp3) is 0.400. The van der Waals surface area contributed by atoms with Gasteiger partial charge < -0.3 is 16.2 Å². The van der Waals surface area contributed by atoms with Crippen molar-refractivity contribution in [1.29, 1.82) is 0 Å². The quantitative estimate of drug-likeness (QED) is 0.840. The van der Waals surface area contributed by atoms with Crippen LogP contribution < -0.4 is 16.2 Å². The number of hydrogen-bond donors (Lipinski definition) is 2. The number of fused-ring (bicyclic) bond motifs is 1. The lowest BCUT2D eigenvalue weighted by molar-refractivity contribution is 0.0883. The Morgan fingerprint density at radius 3 is 2.80 bits per heavy atom. The Hall–Kier alpha value is -2.11. The molecule has 2 aliphatic rings. The minimum atomic E-state index is -0.413. The normalized spacial score (nSPS) is 25.9. The van der Waals surface area contributed by atoms with Crippen LogP contribution in [0, 0.1) is 11.7 Å². The lowest BCUT2D eigenvalue weighted by Crippen LogP contribution is -2.39. The summed E-state index contributed by atoms with van der Waals surface area (Å²) in [5, 5.41) is 0. The number of likely N-dealkylation sites (tertiary alicyclic amines) is 1. The molecule has 132 valence electrons. The molecule has 0 saturated carbocycles. The number of anilines is 1. The number of benzene rings is 2. The molecule has 3 atom stereocenters. The van der Waals surface area contributed by atoms with Crippen LogP contribution in [-0.2, 0) is 6.42 Å². The van der Waals surface area contributed by atoms with Crippen molar-refractivity contribution in [3.63, 3.8) is 0 Å². The van der Waals surface area contributed by atoms with Gasteiger partial charge in [0.05, 0.1) is 6.04 Å². The highest BCUT2D eigenvalue weighted by atomic mass is 19.1.